The van der Waals surface area contributed by atoms with Crippen molar-refractivity contribution in [3.05, 3.63) is 16.7 Å². The molecule has 1 aromatic heterocycles. The van der Waals surface area contributed by atoms with Gasteiger partial charge in [-0.1, -0.05) is 26.2 Å². The summed E-state index contributed by atoms with van der Waals surface area (Å²) >= 11 is 3.33. The van der Waals surface area contributed by atoms with Gasteiger partial charge in [0.2, 0.25) is 0 Å². The number of rotatable bonds is 6. The van der Waals surface area contributed by atoms with Gasteiger partial charge in [-0.15, -0.1) is 0 Å². The Morgan fingerprint density at radius 1 is 1.40 bits per heavy atom. The first-order valence-electron chi connectivity index (χ1n) is 5.39. The molecule has 1 heterocycles. The number of unbranched alkanes of at least 4 members (excludes halogenated alkanes) is 3. The van der Waals surface area contributed by atoms with Crippen molar-refractivity contribution >= 4 is 27.4 Å². The zero-order chi connectivity index (χ0) is 11.1. The molecule has 1 rings (SSSR count). The topological polar surface area (TPSA) is 50.9 Å². The summed E-state index contributed by atoms with van der Waals surface area (Å²) in [6.45, 7) is 3.15. The quantitative estimate of drug-likeness (QED) is 0.780. The van der Waals surface area contributed by atoms with E-state index < -0.39 is 0 Å². The van der Waals surface area contributed by atoms with Crippen LogP contribution in [-0.4, -0.2) is 11.5 Å². The van der Waals surface area contributed by atoms with Crippen LogP contribution in [0.15, 0.2) is 16.7 Å². The van der Waals surface area contributed by atoms with Gasteiger partial charge >= 0.3 is 0 Å². The van der Waals surface area contributed by atoms with E-state index in [0.29, 0.717) is 5.69 Å². The Hall–Kier alpha value is -0.770. The summed E-state index contributed by atoms with van der Waals surface area (Å²) < 4.78 is 0.913. The fourth-order valence-corrected chi connectivity index (χ4v) is 1.71. The molecule has 0 unspecified atom stereocenters. The van der Waals surface area contributed by atoms with Crippen LogP contribution in [0.2, 0.25) is 0 Å². The van der Waals surface area contributed by atoms with E-state index in [1.807, 2.05) is 6.07 Å². The number of aromatic nitrogens is 1. The largest absolute Gasteiger partial charge is 0.396 e. The molecule has 0 fully saturated rings. The summed E-state index contributed by atoms with van der Waals surface area (Å²) in [4.78, 5) is 4.21. The molecule has 0 aliphatic rings. The number of anilines is 2. The molecule has 0 spiro atoms. The molecule has 0 atom stereocenters. The Balaban J connectivity index is 2.31. The Morgan fingerprint density at radius 2 is 2.20 bits per heavy atom. The first kappa shape index (κ1) is 12.3. The lowest BCUT2D eigenvalue weighted by Crippen LogP contribution is -2.05. The van der Waals surface area contributed by atoms with Gasteiger partial charge in [-0.2, -0.15) is 0 Å². The predicted molar refractivity (Wildman–Crippen MR) is 69.0 cm³/mol. The van der Waals surface area contributed by atoms with Gasteiger partial charge in [-0.3, -0.25) is 0 Å². The average Bonchev–Trinajstić information content (AvgIpc) is 2.20. The lowest BCUT2D eigenvalue weighted by atomic mass is 10.2. The molecule has 1 aromatic rings. The van der Waals surface area contributed by atoms with Crippen LogP contribution < -0.4 is 11.1 Å². The molecule has 0 amide bonds. The van der Waals surface area contributed by atoms with E-state index >= 15 is 0 Å². The Labute approximate surface area is 99.6 Å². The summed E-state index contributed by atoms with van der Waals surface area (Å²) in [5, 5.41) is 3.24. The lowest BCUT2D eigenvalue weighted by Gasteiger charge is -2.07. The van der Waals surface area contributed by atoms with E-state index in [0.717, 1.165) is 16.8 Å². The SMILES string of the molecule is CCCCCCNc1ncc(Br)cc1N. The van der Waals surface area contributed by atoms with Crippen LogP contribution in [0.5, 0.6) is 0 Å². The van der Waals surface area contributed by atoms with Gasteiger partial charge in [0.15, 0.2) is 0 Å². The molecule has 0 bridgehead atoms. The second-order valence-electron chi connectivity index (χ2n) is 3.58. The number of nitrogens with two attached hydrogens (primary N) is 1. The zero-order valence-corrected chi connectivity index (χ0v) is 10.7. The predicted octanol–water partition coefficient (Wildman–Crippen LogP) is 3.42. The van der Waals surface area contributed by atoms with Crippen LogP contribution in [0.3, 0.4) is 0 Å². The van der Waals surface area contributed by atoms with Crippen molar-refractivity contribution in [1.82, 2.24) is 4.98 Å². The summed E-state index contributed by atoms with van der Waals surface area (Å²) in [5.74, 6) is 0.787. The van der Waals surface area contributed by atoms with E-state index in [9.17, 15) is 0 Å². The monoisotopic (exact) mass is 271 g/mol. The van der Waals surface area contributed by atoms with E-state index in [1.54, 1.807) is 6.20 Å². The highest BCUT2D eigenvalue weighted by atomic mass is 79.9. The van der Waals surface area contributed by atoms with Crippen molar-refractivity contribution in [3.8, 4) is 0 Å². The minimum absolute atomic E-state index is 0.694. The minimum Gasteiger partial charge on any atom is -0.396 e. The molecule has 3 N–H and O–H groups in total. The smallest absolute Gasteiger partial charge is 0.149 e. The van der Waals surface area contributed by atoms with Gasteiger partial charge in [0.25, 0.3) is 0 Å². The maximum Gasteiger partial charge on any atom is 0.149 e. The van der Waals surface area contributed by atoms with E-state index in [4.69, 9.17) is 5.73 Å². The minimum atomic E-state index is 0.694. The number of nitrogens with zero attached hydrogens (tertiary/aromatic N) is 1. The summed E-state index contributed by atoms with van der Waals surface area (Å²) in [6, 6.07) is 1.86. The summed E-state index contributed by atoms with van der Waals surface area (Å²) in [6.07, 6.45) is 6.75. The van der Waals surface area contributed by atoms with Gasteiger partial charge in [-0.05, 0) is 28.4 Å². The van der Waals surface area contributed by atoms with Crippen LogP contribution in [0.25, 0.3) is 0 Å². The van der Waals surface area contributed by atoms with Gasteiger partial charge in [-0.25, -0.2) is 4.98 Å². The van der Waals surface area contributed by atoms with Gasteiger partial charge in [0.1, 0.15) is 5.82 Å². The number of pyridine rings is 1. The maximum atomic E-state index is 5.81. The van der Waals surface area contributed by atoms with E-state index in [-0.39, 0.29) is 0 Å². The number of nitrogens with one attached hydrogen (secondary N) is 1. The van der Waals surface area contributed by atoms with E-state index in [2.05, 4.69) is 33.2 Å². The van der Waals surface area contributed by atoms with Crippen LogP contribution in [0, 0.1) is 0 Å². The Bertz CT molecular complexity index is 302. The first-order chi connectivity index (χ1) is 7.24. The molecule has 0 aliphatic carbocycles. The van der Waals surface area contributed by atoms with Crippen molar-refractivity contribution in [2.24, 2.45) is 0 Å². The third-order valence-electron chi connectivity index (χ3n) is 2.21. The molecule has 0 aliphatic heterocycles. The first-order valence-corrected chi connectivity index (χ1v) is 6.18. The Kier molecular flexibility index (Phi) is 5.47. The van der Waals surface area contributed by atoms with Crippen molar-refractivity contribution in [3.63, 3.8) is 0 Å². The molecule has 15 heavy (non-hydrogen) atoms. The average molecular weight is 272 g/mol. The van der Waals surface area contributed by atoms with Crippen LogP contribution in [-0.2, 0) is 0 Å². The van der Waals surface area contributed by atoms with Crippen molar-refractivity contribution in [2.75, 3.05) is 17.6 Å². The van der Waals surface area contributed by atoms with E-state index in [1.165, 1.54) is 25.7 Å². The number of nitrogen functional groups attached to an aromatic ring is 1. The fourth-order valence-electron chi connectivity index (χ4n) is 1.36. The lowest BCUT2D eigenvalue weighted by molar-refractivity contribution is 0.684. The highest BCUT2D eigenvalue weighted by molar-refractivity contribution is 9.10. The molecule has 0 saturated heterocycles. The fraction of sp³-hybridized carbons (Fsp3) is 0.545. The van der Waals surface area contributed by atoms with Crippen LogP contribution >= 0.6 is 15.9 Å². The Morgan fingerprint density at radius 3 is 2.87 bits per heavy atom. The van der Waals surface area contributed by atoms with Crippen molar-refractivity contribution < 1.29 is 0 Å². The molecule has 0 saturated carbocycles. The number of halogens is 1. The second-order valence-corrected chi connectivity index (χ2v) is 4.49. The summed E-state index contributed by atoms with van der Waals surface area (Å²) in [7, 11) is 0. The molecular weight excluding hydrogens is 254 g/mol. The summed E-state index contributed by atoms with van der Waals surface area (Å²) in [5.41, 5.74) is 6.50. The van der Waals surface area contributed by atoms with Crippen molar-refractivity contribution in [2.45, 2.75) is 32.6 Å². The molecule has 84 valence electrons. The number of hydrogen-bond acceptors (Lipinski definition) is 3. The van der Waals surface area contributed by atoms with Crippen LogP contribution in [0.1, 0.15) is 32.6 Å². The highest BCUT2D eigenvalue weighted by Gasteiger charge is 1.99. The standard InChI is InChI=1S/C11H18BrN3/c1-2-3-4-5-6-14-11-10(13)7-9(12)8-15-11/h7-8H,2-6,13H2,1H3,(H,14,15). The molecular formula is C11H18BrN3. The highest BCUT2D eigenvalue weighted by Crippen LogP contribution is 2.19. The van der Waals surface area contributed by atoms with Gasteiger partial charge < -0.3 is 11.1 Å². The van der Waals surface area contributed by atoms with Crippen LogP contribution in [0.4, 0.5) is 11.5 Å². The molecule has 0 radical (unpaired) electrons. The maximum absolute atomic E-state index is 5.81. The third kappa shape index (κ3) is 4.51. The molecule has 0 aromatic carbocycles. The second kappa shape index (κ2) is 6.67. The van der Waals surface area contributed by atoms with Gasteiger partial charge in [0.05, 0.1) is 5.69 Å². The zero-order valence-electron chi connectivity index (χ0n) is 9.09. The van der Waals surface area contributed by atoms with Gasteiger partial charge in [0, 0.05) is 17.2 Å². The molecule has 3 nitrogen and oxygen atoms in total. The molecule has 4 heteroatoms. The third-order valence-corrected chi connectivity index (χ3v) is 2.64. The normalized spacial score (nSPS) is 10.3. The number of hydrogen-bond donors (Lipinski definition) is 2. The van der Waals surface area contributed by atoms with Crippen molar-refractivity contribution in [1.29, 1.82) is 0 Å².